The van der Waals surface area contributed by atoms with Gasteiger partial charge in [-0.25, -0.2) is 0 Å². The third kappa shape index (κ3) is 5.52. The van der Waals surface area contributed by atoms with Crippen molar-refractivity contribution in [3.63, 3.8) is 0 Å². The summed E-state index contributed by atoms with van der Waals surface area (Å²) in [5, 5.41) is 11.2. The number of hydrogen-bond acceptors (Lipinski definition) is 3. The van der Waals surface area contributed by atoms with E-state index in [1.807, 2.05) is 12.1 Å². The molecule has 0 radical (unpaired) electrons. The summed E-state index contributed by atoms with van der Waals surface area (Å²) in [6, 6.07) is 5.46. The van der Waals surface area contributed by atoms with Crippen LogP contribution in [0.25, 0.3) is 0 Å². The zero-order chi connectivity index (χ0) is 12.7. The van der Waals surface area contributed by atoms with Gasteiger partial charge in [-0.2, -0.15) is 0 Å². The Bertz CT molecular complexity index is 385. The van der Waals surface area contributed by atoms with Crippen molar-refractivity contribution in [1.29, 1.82) is 0 Å². The van der Waals surface area contributed by atoms with Gasteiger partial charge in [-0.15, -0.1) is 0 Å². The molecule has 94 valence electrons. The van der Waals surface area contributed by atoms with Crippen molar-refractivity contribution in [2.75, 3.05) is 19.8 Å². The van der Waals surface area contributed by atoms with E-state index in [1.165, 1.54) is 0 Å². The van der Waals surface area contributed by atoms with Crippen LogP contribution in [0.4, 0.5) is 0 Å². The van der Waals surface area contributed by atoms with E-state index in [4.69, 9.17) is 9.84 Å². The molecule has 1 aromatic carbocycles. The Morgan fingerprint density at radius 2 is 2.18 bits per heavy atom. The maximum absolute atomic E-state index is 11.3. The summed E-state index contributed by atoms with van der Waals surface area (Å²) in [7, 11) is 0. The number of carbonyl (C=O) groups is 1. The number of benzene rings is 1. The van der Waals surface area contributed by atoms with Gasteiger partial charge in [0, 0.05) is 17.6 Å². The first-order chi connectivity index (χ1) is 8.13. The fraction of sp³-hybridized carbons (Fsp3) is 0.364. The number of halogens is 2. The van der Waals surface area contributed by atoms with Crippen molar-refractivity contribution in [1.82, 2.24) is 5.32 Å². The third-order valence-corrected chi connectivity index (χ3v) is 3.02. The van der Waals surface area contributed by atoms with Crippen LogP contribution < -0.4 is 10.1 Å². The molecule has 0 aromatic heterocycles. The highest BCUT2D eigenvalue weighted by atomic mass is 79.9. The molecule has 1 amide bonds. The Morgan fingerprint density at radius 1 is 1.41 bits per heavy atom. The summed E-state index contributed by atoms with van der Waals surface area (Å²) in [6.07, 6.45) is 0.549. The Hall–Kier alpha value is -0.590. The topological polar surface area (TPSA) is 58.6 Å². The number of rotatable bonds is 6. The van der Waals surface area contributed by atoms with Gasteiger partial charge in [0.05, 0.1) is 4.47 Å². The van der Waals surface area contributed by atoms with Crippen LogP contribution >= 0.6 is 31.9 Å². The molecule has 4 nitrogen and oxygen atoms in total. The molecule has 6 heteroatoms. The van der Waals surface area contributed by atoms with Crippen molar-refractivity contribution in [2.24, 2.45) is 0 Å². The van der Waals surface area contributed by atoms with Gasteiger partial charge in [0.15, 0.2) is 6.61 Å². The number of aliphatic hydroxyl groups excluding tert-OH is 1. The van der Waals surface area contributed by atoms with E-state index in [-0.39, 0.29) is 19.1 Å². The monoisotopic (exact) mass is 365 g/mol. The second-order valence-corrected chi connectivity index (χ2v) is 5.06. The fourth-order valence-electron chi connectivity index (χ4n) is 1.09. The van der Waals surface area contributed by atoms with Crippen LogP contribution in [-0.2, 0) is 4.79 Å². The van der Waals surface area contributed by atoms with E-state index < -0.39 is 0 Å². The normalized spacial score (nSPS) is 10.1. The molecule has 0 bridgehead atoms. The lowest BCUT2D eigenvalue weighted by molar-refractivity contribution is -0.123. The molecule has 0 spiro atoms. The molecule has 0 atom stereocenters. The van der Waals surface area contributed by atoms with Crippen LogP contribution in [0.3, 0.4) is 0 Å². The van der Waals surface area contributed by atoms with Gasteiger partial charge in [0.1, 0.15) is 5.75 Å². The van der Waals surface area contributed by atoms with Gasteiger partial charge >= 0.3 is 0 Å². The average Bonchev–Trinajstić information content (AvgIpc) is 2.28. The number of aliphatic hydroxyl groups is 1. The molecule has 0 aliphatic heterocycles. The zero-order valence-corrected chi connectivity index (χ0v) is 12.3. The first-order valence-electron chi connectivity index (χ1n) is 5.09. The smallest absolute Gasteiger partial charge is 0.257 e. The van der Waals surface area contributed by atoms with Crippen molar-refractivity contribution in [3.8, 4) is 5.75 Å². The predicted molar refractivity (Wildman–Crippen MR) is 72.0 cm³/mol. The standard InChI is InChI=1S/C11H13Br2NO3/c12-8-2-3-10(9(13)6-8)17-7-11(16)14-4-1-5-15/h2-3,6,15H,1,4-5,7H2,(H,14,16). The highest BCUT2D eigenvalue weighted by Gasteiger charge is 2.05. The molecule has 0 saturated carbocycles. The Labute approximate surface area is 117 Å². The largest absolute Gasteiger partial charge is 0.483 e. The van der Waals surface area contributed by atoms with Crippen molar-refractivity contribution in [2.45, 2.75) is 6.42 Å². The molecule has 0 unspecified atom stereocenters. The maximum Gasteiger partial charge on any atom is 0.257 e. The number of nitrogens with one attached hydrogen (secondary N) is 1. The van der Waals surface area contributed by atoms with Crippen LogP contribution in [0.1, 0.15) is 6.42 Å². The van der Waals surface area contributed by atoms with E-state index in [9.17, 15) is 4.79 Å². The quantitative estimate of drug-likeness (QED) is 0.758. The SMILES string of the molecule is O=C(COc1ccc(Br)cc1Br)NCCCO. The van der Waals surface area contributed by atoms with E-state index >= 15 is 0 Å². The summed E-state index contributed by atoms with van der Waals surface area (Å²) in [5.41, 5.74) is 0. The molecule has 0 fully saturated rings. The van der Waals surface area contributed by atoms with Gasteiger partial charge in [-0.1, -0.05) is 15.9 Å². The zero-order valence-electron chi connectivity index (χ0n) is 9.08. The molecular formula is C11H13Br2NO3. The minimum Gasteiger partial charge on any atom is -0.483 e. The molecule has 17 heavy (non-hydrogen) atoms. The minimum atomic E-state index is -0.201. The molecule has 1 aromatic rings. The predicted octanol–water partition coefficient (Wildman–Crippen LogP) is 2.09. The van der Waals surface area contributed by atoms with Crippen LogP contribution in [0.15, 0.2) is 27.1 Å². The second kappa shape index (κ2) is 7.68. The summed E-state index contributed by atoms with van der Waals surface area (Å²) in [5.74, 6) is 0.416. The Morgan fingerprint density at radius 3 is 2.82 bits per heavy atom. The number of ether oxygens (including phenoxy) is 1. The number of hydrogen-bond donors (Lipinski definition) is 2. The fourth-order valence-corrected chi connectivity index (χ4v) is 2.25. The van der Waals surface area contributed by atoms with E-state index in [1.54, 1.807) is 6.07 Å². The summed E-state index contributed by atoms with van der Waals surface area (Å²) in [4.78, 5) is 11.3. The van der Waals surface area contributed by atoms with Gasteiger partial charge in [0.25, 0.3) is 5.91 Å². The van der Waals surface area contributed by atoms with Crippen LogP contribution in [0.5, 0.6) is 5.75 Å². The summed E-state index contributed by atoms with van der Waals surface area (Å²) >= 11 is 6.67. The lowest BCUT2D eigenvalue weighted by Gasteiger charge is -2.08. The molecule has 0 aliphatic rings. The lowest BCUT2D eigenvalue weighted by Crippen LogP contribution is -2.30. The van der Waals surface area contributed by atoms with Gasteiger partial charge in [-0.05, 0) is 40.5 Å². The van der Waals surface area contributed by atoms with Crippen LogP contribution in [-0.4, -0.2) is 30.8 Å². The minimum absolute atomic E-state index is 0.0361. The molecule has 2 N–H and O–H groups in total. The van der Waals surface area contributed by atoms with E-state index in [0.717, 1.165) is 8.95 Å². The second-order valence-electron chi connectivity index (χ2n) is 3.29. The number of carbonyl (C=O) groups excluding carboxylic acids is 1. The van der Waals surface area contributed by atoms with Crippen LogP contribution in [0.2, 0.25) is 0 Å². The molecule has 1 rings (SSSR count). The number of amides is 1. The maximum atomic E-state index is 11.3. The molecule has 0 saturated heterocycles. The van der Waals surface area contributed by atoms with Crippen molar-refractivity contribution >= 4 is 37.8 Å². The Kier molecular flexibility index (Phi) is 6.54. The molecule has 0 heterocycles. The Balaban J connectivity index is 2.37. The molecular weight excluding hydrogens is 354 g/mol. The first-order valence-corrected chi connectivity index (χ1v) is 6.67. The third-order valence-electron chi connectivity index (χ3n) is 1.91. The molecule has 0 aliphatic carbocycles. The van der Waals surface area contributed by atoms with Crippen molar-refractivity contribution in [3.05, 3.63) is 27.1 Å². The summed E-state index contributed by atoms with van der Waals surface area (Å²) in [6.45, 7) is 0.491. The highest BCUT2D eigenvalue weighted by molar-refractivity contribution is 9.11. The van der Waals surface area contributed by atoms with Crippen molar-refractivity contribution < 1.29 is 14.6 Å². The van der Waals surface area contributed by atoms with Gasteiger partial charge in [0.2, 0.25) is 0 Å². The highest BCUT2D eigenvalue weighted by Crippen LogP contribution is 2.27. The average molecular weight is 367 g/mol. The van der Waals surface area contributed by atoms with E-state index in [0.29, 0.717) is 18.7 Å². The van der Waals surface area contributed by atoms with Gasteiger partial charge < -0.3 is 15.2 Å². The first kappa shape index (κ1) is 14.5. The lowest BCUT2D eigenvalue weighted by atomic mass is 10.3. The van der Waals surface area contributed by atoms with Crippen LogP contribution in [0, 0.1) is 0 Å². The van der Waals surface area contributed by atoms with E-state index in [2.05, 4.69) is 37.2 Å². The van der Waals surface area contributed by atoms with Gasteiger partial charge in [-0.3, -0.25) is 4.79 Å². The summed E-state index contributed by atoms with van der Waals surface area (Å²) < 4.78 is 7.06.